The lowest BCUT2D eigenvalue weighted by Crippen LogP contribution is -2.48. The fourth-order valence-electron chi connectivity index (χ4n) is 3.73. The minimum atomic E-state index is -4.42. The molecule has 10 heteroatoms. The van der Waals surface area contributed by atoms with Crippen molar-refractivity contribution in [3.05, 3.63) is 24.7 Å². The molecule has 0 aliphatic carbocycles. The summed E-state index contributed by atoms with van der Waals surface area (Å²) in [6, 6.07) is 1.96. The molecule has 2 unspecified atom stereocenters. The van der Waals surface area contributed by atoms with Crippen molar-refractivity contribution in [1.82, 2.24) is 25.5 Å². The zero-order chi connectivity index (χ0) is 19.9. The maximum Gasteiger partial charge on any atom is 0.405 e. The van der Waals surface area contributed by atoms with Crippen molar-refractivity contribution < 1.29 is 18.0 Å². The van der Waals surface area contributed by atoms with Crippen LogP contribution in [0.5, 0.6) is 0 Å². The van der Waals surface area contributed by atoms with Gasteiger partial charge in [-0.3, -0.25) is 9.89 Å². The van der Waals surface area contributed by atoms with Crippen LogP contribution in [0, 0.1) is 5.92 Å². The van der Waals surface area contributed by atoms with Gasteiger partial charge < -0.3 is 10.2 Å². The van der Waals surface area contributed by atoms with Crippen molar-refractivity contribution in [1.29, 1.82) is 0 Å². The van der Waals surface area contributed by atoms with Gasteiger partial charge in [-0.25, -0.2) is 9.97 Å². The van der Waals surface area contributed by atoms with E-state index in [9.17, 15) is 18.0 Å². The Morgan fingerprint density at radius 3 is 2.93 bits per heavy atom. The Labute approximate surface area is 158 Å². The van der Waals surface area contributed by atoms with Crippen LogP contribution < -0.4 is 10.2 Å². The van der Waals surface area contributed by atoms with Crippen molar-refractivity contribution in [2.24, 2.45) is 5.92 Å². The number of carbonyl (C=O) groups is 1. The summed E-state index contributed by atoms with van der Waals surface area (Å²) >= 11 is 0. The lowest BCUT2D eigenvalue weighted by atomic mass is 9.92. The van der Waals surface area contributed by atoms with Gasteiger partial charge in [0.2, 0.25) is 5.91 Å². The summed E-state index contributed by atoms with van der Waals surface area (Å²) in [5.41, 5.74) is 0.609. The van der Waals surface area contributed by atoms with Gasteiger partial charge in [-0.1, -0.05) is 0 Å². The zero-order valence-electron chi connectivity index (χ0n) is 15.1. The highest BCUT2D eigenvalue weighted by atomic mass is 19.4. The molecule has 1 amide bonds. The van der Waals surface area contributed by atoms with Crippen LogP contribution in [-0.2, 0) is 4.79 Å². The number of hydrogen-bond acceptors (Lipinski definition) is 5. The Hall–Kier alpha value is -2.91. The summed E-state index contributed by atoms with van der Waals surface area (Å²) in [6.45, 7) is 1.02. The number of piperidine rings is 1. The molecule has 0 spiro atoms. The molecule has 1 aliphatic heterocycles. The molecule has 1 fully saturated rings. The highest BCUT2D eigenvalue weighted by Gasteiger charge is 2.34. The van der Waals surface area contributed by atoms with Gasteiger partial charge >= 0.3 is 6.18 Å². The number of anilines is 1. The second kappa shape index (κ2) is 6.92. The van der Waals surface area contributed by atoms with Crippen molar-refractivity contribution in [2.45, 2.75) is 32.0 Å². The molecular formula is C18H19F3N6O. The molecule has 2 atom stereocenters. The standard InChI is InChI=1S/C18H19F3N6O/c1-10-2-3-11(17(28)24-9-18(19,20)21)8-27(10)16-14-12(7-25-26-16)6-23-15-13(14)4-5-22-15/h4-7,10-11,26H,2-3,8-9H2,1H3,(H,24,28). The largest absolute Gasteiger partial charge is 0.405 e. The van der Waals surface area contributed by atoms with Crippen LogP contribution in [0.1, 0.15) is 19.8 Å². The molecule has 1 aliphatic rings. The van der Waals surface area contributed by atoms with E-state index in [4.69, 9.17) is 0 Å². The number of fused-ring (bicyclic) bond motifs is 3. The smallest absolute Gasteiger partial charge is 0.353 e. The van der Waals surface area contributed by atoms with E-state index in [0.29, 0.717) is 25.0 Å². The average Bonchev–Trinajstić information content (AvgIpc) is 3.14. The van der Waals surface area contributed by atoms with Gasteiger partial charge in [-0.05, 0) is 25.8 Å². The monoisotopic (exact) mass is 392 g/mol. The topological polar surface area (TPSA) is 86.8 Å². The van der Waals surface area contributed by atoms with E-state index in [0.717, 1.165) is 22.0 Å². The van der Waals surface area contributed by atoms with Crippen molar-refractivity contribution in [3.8, 4) is 0 Å². The van der Waals surface area contributed by atoms with E-state index in [2.05, 4.69) is 20.2 Å². The quantitative estimate of drug-likeness (QED) is 0.716. The maximum atomic E-state index is 12.4. The Bertz CT molecular complexity index is 1020. The van der Waals surface area contributed by atoms with Crippen LogP contribution in [0.4, 0.5) is 19.0 Å². The number of halogens is 3. The van der Waals surface area contributed by atoms with Gasteiger partial charge in [0, 0.05) is 41.1 Å². The molecule has 0 radical (unpaired) electrons. The summed E-state index contributed by atoms with van der Waals surface area (Å²) in [6.07, 6.45) is 1.83. The molecule has 0 aromatic carbocycles. The highest BCUT2D eigenvalue weighted by Crippen LogP contribution is 2.34. The van der Waals surface area contributed by atoms with Crippen LogP contribution in [0.25, 0.3) is 21.8 Å². The Morgan fingerprint density at radius 2 is 2.14 bits per heavy atom. The molecule has 3 aromatic rings. The van der Waals surface area contributed by atoms with E-state index in [1.165, 1.54) is 0 Å². The third-order valence-electron chi connectivity index (χ3n) is 5.18. The number of carbonyl (C=O) groups excluding carboxylic acids is 1. The van der Waals surface area contributed by atoms with E-state index in [-0.39, 0.29) is 6.04 Å². The molecule has 2 N–H and O–H groups in total. The first kappa shape index (κ1) is 18.5. The second-order valence-corrected chi connectivity index (χ2v) is 7.10. The Balaban J connectivity index is 1.66. The van der Waals surface area contributed by atoms with Gasteiger partial charge in [-0.15, -0.1) is 0 Å². The van der Waals surface area contributed by atoms with Crippen molar-refractivity contribution in [2.75, 3.05) is 18.0 Å². The van der Waals surface area contributed by atoms with Crippen LogP contribution in [0.15, 0.2) is 24.7 Å². The number of pyridine rings is 1. The first-order chi connectivity index (χ1) is 13.3. The number of alkyl halides is 3. The summed E-state index contributed by atoms with van der Waals surface area (Å²) in [5.74, 6) is -0.389. The van der Waals surface area contributed by atoms with E-state index < -0.39 is 24.5 Å². The molecular weight excluding hydrogens is 373 g/mol. The van der Waals surface area contributed by atoms with Gasteiger partial charge in [0.1, 0.15) is 12.4 Å². The molecule has 0 bridgehead atoms. The third kappa shape index (κ3) is 3.46. The van der Waals surface area contributed by atoms with Gasteiger partial charge in [-0.2, -0.15) is 18.3 Å². The molecule has 3 aromatic heterocycles. The molecule has 1 saturated heterocycles. The molecule has 28 heavy (non-hydrogen) atoms. The highest BCUT2D eigenvalue weighted by molar-refractivity contribution is 6.10. The van der Waals surface area contributed by atoms with Crippen LogP contribution in [0.3, 0.4) is 0 Å². The third-order valence-corrected chi connectivity index (χ3v) is 5.18. The van der Waals surface area contributed by atoms with Crippen LogP contribution in [0.2, 0.25) is 0 Å². The predicted molar refractivity (Wildman–Crippen MR) is 97.8 cm³/mol. The number of aromatic amines is 1. The number of nitrogens with zero attached hydrogens (tertiary/aromatic N) is 4. The van der Waals surface area contributed by atoms with Gasteiger partial charge in [0.05, 0.1) is 12.1 Å². The molecule has 4 rings (SSSR count). The van der Waals surface area contributed by atoms with E-state index in [1.807, 2.05) is 23.2 Å². The number of hydrogen-bond donors (Lipinski definition) is 2. The van der Waals surface area contributed by atoms with Crippen molar-refractivity contribution >= 4 is 33.5 Å². The minimum absolute atomic E-state index is 0.0986. The fraction of sp³-hybridized carbons (Fsp3) is 0.444. The number of nitrogens with one attached hydrogen (secondary N) is 2. The zero-order valence-corrected chi connectivity index (χ0v) is 15.1. The lowest BCUT2D eigenvalue weighted by molar-refractivity contribution is -0.141. The number of H-pyrrole nitrogens is 1. The lowest BCUT2D eigenvalue weighted by Gasteiger charge is -2.39. The van der Waals surface area contributed by atoms with E-state index >= 15 is 0 Å². The molecule has 4 heterocycles. The van der Waals surface area contributed by atoms with Gasteiger partial charge in [0.15, 0.2) is 5.65 Å². The molecule has 7 nitrogen and oxygen atoms in total. The van der Waals surface area contributed by atoms with Crippen LogP contribution in [-0.4, -0.2) is 51.4 Å². The summed E-state index contributed by atoms with van der Waals surface area (Å²) in [4.78, 5) is 22.8. The summed E-state index contributed by atoms with van der Waals surface area (Å²) in [7, 11) is 0. The Morgan fingerprint density at radius 1 is 1.32 bits per heavy atom. The van der Waals surface area contributed by atoms with E-state index in [1.54, 1.807) is 18.6 Å². The number of rotatable bonds is 3. The first-order valence-corrected chi connectivity index (χ1v) is 9.01. The number of aromatic nitrogens is 4. The Kier molecular flexibility index (Phi) is 4.56. The maximum absolute atomic E-state index is 12.4. The normalized spacial score (nSPS) is 20.6. The number of amides is 1. The summed E-state index contributed by atoms with van der Waals surface area (Å²) < 4.78 is 37.3. The minimum Gasteiger partial charge on any atom is -0.353 e. The molecule has 0 saturated carbocycles. The SMILES string of the molecule is CC1CCC(C(=O)NCC(F)(F)F)CN1c1[nH]ncc2cnc3nccc3c12. The van der Waals surface area contributed by atoms with Crippen LogP contribution >= 0.6 is 0 Å². The predicted octanol–water partition coefficient (Wildman–Crippen LogP) is 2.79. The summed E-state index contributed by atoms with van der Waals surface area (Å²) in [5, 5.41) is 11.8. The first-order valence-electron chi connectivity index (χ1n) is 9.01. The fourth-order valence-corrected chi connectivity index (χ4v) is 3.73. The molecule has 148 valence electrons. The van der Waals surface area contributed by atoms with Crippen molar-refractivity contribution in [3.63, 3.8) is 0 Å². The average molecular weight is 392 g/mol. The van der Waals surface area contributed by atoms with Gasteiger partial charge in [0.25, 0.3) is 0 Å². The second-order valence-electron chi connectivity index (χ2n) is 7.10.